The van der Waals surface area contributed by atoms with E-state index in [0.717, 1.165) is 25.4 Å². The number of piperidine rings is 1. The van der Waals surface area contributed by atoms with Gasteiger partial charge >= 0.3 is 0 Å². The second kappa shape index (κ2) is 10.1. The van der Waals surface area contributed by atoms with Gasteiger partial charge in [-0.05, 0) is 115 Å². The van der Waals surface area contributed by atoms with Crippen LogP contribution in [0.5, 0.6) is 0 Å². The SMILES string of the molecule is Cc1cc(C)cc(-c2[nH]c3sc(C(C)(C)C(=O)N4C5CCC4CC5)cc3c2CCN2CCC(C[NH3+])CC2)c1. The van der Waals surface area contributed by atoms with Crippen molar-refractivity contribution in [3.05, 3.63) is 45.8 Å². The van der Waals surface area contributed by atoms with Gasteiger partial charge in [-0.3, -0.25) is 4.79 Å². The molecule has 1 aromatic carbocycles. The number of likely N-dealkylation sites (tertiary alicyclic amines) is 1. The number of amides is 1. The number of H-pyrrole nitrogens is 1. The molecule has 0 spiro atoms. The van der Waals surface area contributed by atoms with Gasteiger partial charge in [-0.2, -0.15) is 0 Å². The summed E-state index contributed by atoms with van der Waals surface area (Å²) in [5.41, 5.74) is 10.2. The fourth-order valence-corrected chi connectivity index (χ4v) is 8.59. The maximum atomic E-state index is 13.9. The number of aryl methyl sites for hydroxylation is 2. The highest BCUT2D eigenvalue weighted by Crippen LogP contribution is 2.44. The van der Waals surface area contributed by atoms with E-state index in [9.17, 15) is 4.79 Å². The van der Waals surface area contributed by atoms with Crippen LogP contribution in [0.25, 0.3) is 21.5 Å². The van der Waals surface area contributed by atoms with E-state index in [1.807, 2.05) is 0 Å². The minimum absolute atomic E-state index is 0.329. The molecule has 0 aliphatic carbocycles. The van der Waals surface area contributed by atoms with Gasteiger partial charge in [-0.25, -0.2) is 0 Å². The topological polar surface area (TPSA) is 67.0 Å². The number of carbonyl (C=O) groups excluding carboxylic acids is 1. The zero-order valence-electron chi connectivity index (χ0n) is 23.7. The minimum Gasteiger partial charge on any atom is -0.357 e. The molecule has 2 aromatic heterocycles. The van der Waals surface area contributed by atoms with E-state index in [2.05, 4.69) is 72.5 Å². The van der Waals surface area contributed by atoms with Gasteiger partial charge in [0.05, 0.1) is 17.7 Å². The first kappa shape index (κ1) is 26.1. The molecule has 5 heterocycles. The molecule has 5 nitrogen and oxygen atoms in total. The van der Waals surface area contributed by atoms with Crippen molar-refractivity contribution in [1.29, 1.82) is 0 Å². The van der Waals surface area contributed by atoms with Gasteiger partial charge in [0.2, 0.25) is 5.91 Å². The third-order valence-corrected chi connectivity index (χ3v) is 11.1. The van der Waals surface area contributed by atoms with Crippen molar-refractivity contribution in [2.75, 3.05) is 26.2 Å². The summed E-state index contributed by atoms with van der Waals surface area (Å²) in [4.78, 5) is 25.0. The van der Waals surface area contributed by atoms with E-state index in [-0.39, 0.29) is 0 Å². The number of hydrogen-bond acceptors (Lipinski definition) is 3. The van der Waals surface area contributed by atoms with Crippen LogP contribution < -0.4 is 5.73 Å². The first-order valence-electron chi connectivity index (χ1n) is 14.8. The molecular weight excluding hydrogens is 488 g/mol. The van der Waals surface area contributed by atoms with E-state index < -0.39 is 5.41 Å². The van der Waals surface area contributed by atoms with Crippen LogP contribution in [0.4, 0.5) is 0 Å². The van der Waals surface area contributed by atoms with Crippen LogP contribution in [-0.4, -0.2) is 59.0 Å². The summed E-state index contributed by atoms with van der Waals surface area (Å²) in [6, 6.07) is 10.2. The van der Waals surface area contributed by atoms with Crippen LogP contribution in [0.1, 0.15) is 73.9 Å². The van der Waals surface area contributed by atoms with E-state index in [4.69, 9.17) is 0 Å². The predicted molar refractivity (Wildman–Crippen MR) is 158 cm³/mol. The number of aromatic nitrogens is 1. The highest BCUT2D eigenvalue weighted by atomic mass is 32.1. The maximum absolute atomic E-state index is 13.9. The lowest BCUT2D eigenvalue weighted by Gasteiger charge is -2.31. The summed E-state index contributed by atoms with van der Waals surface area (Å²) in [6.07, 6.45) is 8.32. The number of carbonyl (C=O) groups is 1. The number of nitrogens with zero attached hydrogens (tertiary/aromatic N) is 2. The molecule has 2 bridgehead atoms. The number of quaternary nitrogens is 1. The second-order valence-corrected chi connectivity index (χ2v) is 13.9. The van der Waals surface area contributed by atoms with Crippen molar-refractivity contribution >= 4 is 27.5 Å². The molecular formula is C32H45N4OS+. The van der Waals surface area contributed by atoms with Gasteiger partial charge in [0.15, 0.2) is 0 Å². The van der Waals surface area contributed by atoms with Crippen LogP contribution in [0.3, 0.4) is 0 Å². The number of hydrogen-bond donors (Lipinski definition) is 2. The average molecular weight is 534 g/mol. The summed E-state index contributed by atoms with van der Waals surface area (Å²) in [5, 5.41) is 1.32. The monoisotopic (exact) mass is 533 g/mol. The fraction of sp³-hybridized carbons (Fsp3) is 0.594. The second-order valence-electron chi connectivity index (χ2n) is 12.8. The normalized spacial score (nSPS) is 22.7. The number of benzene rings is 1. The molecule has 204 valence electrons. The molecule has 3 fully saturated rings. The van der Waals surface area contributed by atoms with E-state index >= 15 is 0 Å². The average Bonchev–Trinajstić information content (AvgIpc) is 3.67. The molecule has 38 heavy (non-hydrogen) atoms. The summed E-state index contributed by atoms with van der Waals surface area (Å²) < 4.78 is 0. The maximum Gasteiger partial charge on any atom is 0.233 e. The van der Waals surface area contributed by atoms with Gasteiger partial charge in [0.1, 0.15) is 4.83 Å². The lowest BCUT2D eigenvalue weighted by atomic mass is 9.88. The highest BCUT2D eigenvalue weighted by Gasteiger charge is 2.47. The van der Waals surface area contributed by atoms with Gasteiger partial charge in [0, 0.05) is 34.8 Å². The van der Waals surface area contributed by atoms with Gasteiger partial charge in [-0.1, -0.05) is 17.2 Å². The first-order chi connectivity index (χ1) is 18.2. The highest BCUT2D eigenvalue weighted by molar-refractivity contribution is 7.19. The van der Waals surface area contributed by atoms with Crippen molar-refractivity contribution < 1.29 is 10.5 Å². The molecule has 6 heteroatoms. The Morgan fingerprint density at radius 3 is 2.24 bits per heavy atom. The number of fused-ring (bicyclic) bond motifs is 3. The number of nitrogens with one attached hydrogen (secondary N) is 1. The van der Waals surface area contributed by atoms with Crippen LogP contribution in [0.15, 0.2) is 24.3 Å². The summed E-state index contributed by atoms with van der Waals surface area (Å²) >= 11 is 1.79. The number of thiophene rings is 1. The summed E-state index contributed by atoms with van der Waals surface area (Å²) in [7, 11) is 0. The van der Waals surface area contributed by atoms with E-state index in [0.29, 0.717) is 18.0 Å². The Bertz CT molecular complexity index is 1290. The number of aromatic amines is 1. The molecule has 3 aliphatic heterocycles. The number of rotatable bonds is 7. The largest absolute Gasteiger partial charge is 0.357 e. The molecule has 3 aromatic rings. The van der Waals surface area contributed by atoms with Crippen molar-refractivity contribution in [1.82, 2.24) is 14.8 Å². The smallest absolute Gasteiger partial charge is 0.233 e. The third-order valence-electron chi connectivity index (χ3n) is 9.74. The van der Waals surface area contributed by atoms with E-state index in [1.165, 1.54) is 94.7 Å². The lowest BCUT2D eigenvalue weighted by Crippen LogP contribution is -2.55. The molecule has 4 N–H and O–H groups in total. The molecule has 0 unspecified atom stereocenters. The van der Waals surface area contributed by atoms with Crippen LogP contribution in [-0.2, 0) is 16.6 Å². The summed E-state index contributed by atoms with van der Waals surface area (Å²) in [5.74, 6) is 1.12. The van der Waals surface area contributed by atoms with Crippen LogP contribution in [0, 0.1) is 19.8 Å². The summed E-state index contributed by atoms with van der Waals surface area (Å²) in [6.45, 7) is 13.2. The molecule has 6 rings (SSSR count). The Morgan fingerprint density at radius 1 is 1.00 bits per heavy atom. The Labute approximate surface area is 231 Å². The van der Waals surface area contributed by atoms with Crippen molar-refractivity contribution in [2.45, 2.75) is 90.1 Å². The molecule has 1 amide bonds. The molecule has 0 atom stereocenters. The minimum atomic E-state index is -0.497. The third kappa shape index (κ3) is 4.63. The molecule has 0 radical (unpaired) electrons. The Kier molecular flexibility index (Phi) is 6.94. The Morgan fingerprint density at radius 2 is 1.63 bits per heavy atom. The predicted octanol–water partition coefficient (Wildman–Crippen LogP) is 5.44. The van der Waals surface area contributed by atoms with Gasteiger partial charge < -0.3 is 20.5 Å². The standard InChI is InChI=1S/C32H44N4OS/c1-20-15-21(2)17-23(16-20)29-26(11-14-35-12-9-22(19-33)10-13-35)27-18-28(38-30(27)34-29)32(3,4)31(37)36-24-5-6-25(36)8-7-24/h15-18,22,24-25,34H,5-14,19,33H2,1-4H3/p+1. The van der Waals surface area contributed by atoms with Crippen LogP contribution in [0.2, 0.25) is 0 Å². The first-order valence-corrected chi connectivity index (χ1v) is 15.6. The lowest BCUT2D eigenvalue weighted by molar-refractivity contribution is -0.380. The van der Waals surface area contributed by atoms with Crippen molar-refractivity contribution in [2.24, 2.45) is 5.92 Å². The molecule has 3 aliphatic rings. The molecule has 3 saturated heterocycles. The van der Waals surface area contributed by atoms with Crippen LogP contribution >= 0.6 is 11.3 Å². The zero-order chi connectivity index (χ0) is 26.6. The zero-order valence-corrected chi connectivity index (χ0v) is 24.6. The van der Waals surface area contributed by atoms with Crippen molar-refractivity contribution in [3.63, 3.8) is 0 Å². The van der Waals surface area contributed by atoms with Crippen molar-refractivity contribution in [3.8, 4) is 11.3 Å². The van der Waals surface area contributed by atoms with Gasteiger partial charge in [-0.15, -0.1) is 11.3 Å². The van der Waals surface area contributed by atoms with Gasteiger partial charge in [0.25, 0.3) is 0 Å². The van der Waals surface area contributed by atoms with E-state index in [1.54, 1.807) is 11.3 Å². The molecule has 0 saturated carbocycles. The Hall–Kier alpha value is -2.15. The Balaban J connectivity index is 1.33. The quantitative estimate of drug-likeness (QED) is 0.425. The fourth-order valence-electron chi connectivity index (χ4n) is 7.41.